The molecule has 1 aromatic rings. The number of rotatable bonds is 4. The Morgan fingerprint density at radius 3 is 2.81 bits per heavy atom. The third-order valence-corrected chi connectivity index (χ3v) is 5.71. The number of hydrogen-bond donors (Lipinski definition) is 1. The monoisotopic (exact) mass is 330 g/mol. The van der Waals surface area contributed by atoms with Crippen LogP contribution in [0.25, 0.3) is 0 Å². The lowest BCUT2D eigenvalue weighted by atomic mass is 10.3. The number of sulfone groups is 1. The first-order chi connectivity index (χ1) is 9.93. The number of nitrogens with one attached hydrogen (secondary N) is 1. The van der Waals surface area contributed by atoms with Gasteiger partial charge in [-0.25, -0.2) is 18.4 Å². The fourth-order valence-corrected chi connectivity index (χ4v) is 4.84. The summed E-state index contributed by atoms with van der Waals surface area (Å²) in [6.45, 7) is 3.04. The molecule has 9 heteroatoms. The third kappa shape index (κ3) is 3.85. The predicted octanol–water partition coefficient (Wildman–Crippen LogP) is 0.468. The number of amides is 1. The van der Waals surface area contributed by atoms with Crippen LogP contribution < -0.4 is 5.32 Å². The molecule has 1 aliphatic heterocycles. The van der Waals surface area contributed by atoms with Crippen molar-refractivity contribution in [1.82, 2.24) is 14.9 Å². The van der Waals surface area contributed by atoms with Gasteiger partial charge in [0.2, 0.25) is 0 Å². The highest BCUT2D eigenvalue weighted by Crippen LogP contribution is 2.22. The summed E-state index contributed by atoms with van der Waals surface area (Å²) in [6.07, 6.45) is 4.01. The zero-order chi connectivity index (χ0) is 15.5. The van der Waals surface area contributed by atoms with E-state index in [9.17, 15) is 13.2 Å². The van der Waals surface area contributed by atoms with Crippen LogP contribution >= 0.6 is 11.8 Å². The second-order valence-electron chi connectivity index (χ2n) is 4.67. The van der Waals surface area contributed by atoms with Gasteiger partial charge in [-0.15, -0.1) is 0 Å². The van der Waals surface area contributed by atoms with Crippen LogP contribution in [0.4, 0.5) is 5.82 Å². The van der Waals surface area contributed by atoms with Gasteiger partial charge < -0.3 is 10.2 Å². The summed E-state index contributed by atoms with van der Waals surface area (Å²) >= 11 is 1.54. The Hall–Kier alpha value is -1.35. The van der Waals surface area contributed by atoms with Crippen LogP contribution in [0, 0.1) is 0 Å². The number of carbonyl (C=O) groups is 1. The molecule has 21 heavy (non-hydrogen) atoms. The van der Waals surface area contributed by atoms with Gasteiger partial charge in [0, 0.05) is 30.9 Å². The Morgan fingerprint density at radius 2 is 2.24 bits per heavy atom. The highest BCUT2D eigenvalue weighted by atomic mass is 32.2. The Kier molecular flexibility index (Phi) is 5.04. The molecule has 0 radical (unpaired) electrons. The van der Waals surface area contributed by atoms with E-state index in [-0.39, 0.29) is 11.6 Å². The maximum Gasteiger partial charge on any atom is 0.275 e. The second kappa shape index (κ2) is 6.61. The molecular formula is C12H18N4O3S2. The number of carbonyl (C=O) groups excluding carboxylic acids is 1. The Balaban J connectivity index is 2.20. The highest BCUT2D eigenvalue weighted by molar-refractivity contribution is 8.00. The van der Waals surface area contributed by atoms with Crippen LogP contribution in [0.15, 0.2) is 12.4 Å². The van der Waals surface area contributed by atoms with Crippen molar-refractivity contribution < 1.29 is 13.2 Å². The van der Waals surface area contributed by atoms with E-state index < -0.39 is 15.2 Å². The molecule has 0 aromatic carbocycles. The maximum absolute atomic E-state index is 12.5. The SMILES string of the molecule is CCNc1cnc(C(=O)N2CCSCC2S(C)(=O)=O)cn1. The van der Waals surface area contributed by atoms with Gasteiger partial charge in [-0.1, -0.05) is 0 Å². The normalized spacial score (nSPS) is 19.3. The first-order valence-electron chi connectivity index (χ1n) is 6.57. The number of aromatic nitrogens is 2. The minimum atomic E-state index is -3.32. The summed E-state index contributed by atoms with van der Waals surface area (Å²) in [5, 5.41) is 2.20. The summed E-state index contributed by atoms with van der Waals surface area (Å²) in [4.78, 5) is 22.0. The molecule has 1 saturated heterocycles. The van der Waals surface area contributed by atoms with Crippen molar-refractivity contribution in [2.24, 2.45) is 0 Å². The van der Waals surface area contributed by atoms with E-state index in [1.165, 1.54) is 29.1 Å². The molecule has 1 fully saturated rings. The first kappa shape index (κ1) is 16.0. The molecule has 7 nitrogen and oxygen atoms in total. The average Bonchev–Trinajstić information content (AvgIpc) is 2.47. The van der Waals surface area contributed by atoms with Gasteiger partial charge in [-0.3, -0.25) is 4.79 Å². The topological polar surface area (TPSA) is 92.3 Å². The van der Waals surface area contributed by atoms with Crippen molar-refractivity contribution in [2.45, 2.75) is 12.3 Å². The largest absolute Gasteiger partial charge is 0.369 e. The molecule has 1 atom stereocenters. The summed E-state index contributed by atoms with van der Waals surface area (Å²) in [5.74, 6) is 1.32. The minimum absolute atomic E-state index is 0.164. The van der Waals surface area contributed by atoms with Gasteiger partial charge in [0.05, 0.1) is 12.4 Å². The van der Waals surface area contributed by atoms with Crippen LogP contribution in [0.3, 0.4) is 0 Å². The van der Waals surface area contributed by atoms with Crippen molar-refractivity contribution >= 4 is 33.3 Å². The Morgan fingerprint density at radius 1 is 1.48 bits per heavy atom. The van der Waals surface area contributed by atoms with Gasteiger partial charge in [0.1, 0.15) is 16.9 Å². The average molecular weight is 330 g/mol. The van der Waals surface area contributed by atoms with Crippen LogP contribution in [0.5, 0.6) is 0 Å². The van der Waals surface area contributed by atoms with Crippen molar-refractivity contribution in [3.63, 3.8) is 0 Å². The van der Waals surface area contributed by atoms with Gasteiger partial charge in [-0.2, -0.15) is 11.8 Å². The molecule has 2 heterocycles. The minimum Gasteiger partial charge on any atom is -0.369 e. The summed E-state index contributed by atoms with van der Waals surface area (Å²) in [6, 6.07) is 0. The fraction of sp³-hybridized carbons (Fsp3) is 0.583. The first-order valence-corrected chi connectivity index (χ1v) is 9.68. The molecule has 1 N–H and O–H groups in total. The van der Waals surface area contributed by atoms with Crippen LogP contribution in [0.2, 0.25) is 0 Å². The lowest BCUT2D eigenvalue weighted by Gasteiger charge is -2.33. The predicted molar refractivity (Wildman–Crippen MR) is 83.2 cm³/mol. The van der Waals surface area contributed by atoms with E-state index in [0.717, 1.165) is 12.0 Å². The van der Waals surface area contributed by atoms with Gasteiger partial charge in [0.15, 0.2) is 9.84 Å². The number of hydrogen-bond acceptors (Lipinski definition) is 7. The van der Waals surface area contributed by atoms with E-state index in [0.29, 0.717) is 24.7 Å². The molecule has 0 aliphatic carbocycles. The molecule has 0 bridgehead atoms. The van der Waals surface area contributed by atoms with Gasteiger partial charge in [-0.05, 0) is 6.92 Å². The fourth-order valence-electron chi connectivity index (χ4n) is 2.03. The van der Waals surface area contributed by atoms with Crippen LogP contribution in [-0.4, -0.2) is 65.4 Å². The van der Waals surface area contributed by atoms with Crippen molar-refractivity contribution in [3.05, 3.63) is 18.1 Å². The van der Waals surface area contributed by atoms with E-state index >= 15 is 0 Å². The molecule has 0 spiro atoms. The number of thioether (sulfide) groups is 1. The van der Waals surface area contributed by atoms with E-state index in [1.807, 2.05) is 6.92 Å². The van der Waals surface area contributed by atoms with Gasteiger partial charge in [0.25, 0.3) is 5.91 Å². The third-order valence-electron chi connectivity index (χ3n) is 3.07. The van der Waals surface area contributed by atoms with Crippen LogP contribution in [-0.2, 0) is 9.84 Å². The summed E-state index contributed by atoms with van der Waals surface area (Å²) in [7, 11) is -3.32. The number of anilines is 1. The number of nitrogens with zero attached hydrogens (tertiary/aromatic N) is 3. The Labute approximate surface area is 128 Å². The second-order valence-corrected chi connectivity index (χ2v) is 8.03. The summed E-state index contributed by atoms with van der Waals surface area (Å²) in [5.41, 5.74) is 0.164. The Bertz CT molecular complexity index is 603. The molecule has 1 amide bonds. The van der Waals surface area contributed by atoms with Crippen molar-refractivity contribution in [3.8, 4) is 0 Å². The van der Waals surface area contributed by atoms with E-state index in [4.69, 9.17) is 0 Å². The zero-order valence-electron chi connectivity index (χ0n) is 11.9. The maximum atomic E-state index is 12.5. The van der Waals surface area contributed by atoms with E-state index in [1.54, 1.807) is 0 Å². The molecule has 1 unspecified atom stereocenters. The van der Waals surface area contributed by atoms with Crippen molar-refractivity contribution in [1.29, 1.82) is 0 Å². The van der Waals surface area contributed by atoms with Gasteiger partial charge >= 0.3 is 0 Å². The lowest BCUT2D eigenvalue weighted by molar-refractivity contribution is 0.0743. The molecule has 1 aliphatic rings. The standard InChI is InChI=1S/C12H18N4O3S2/c1-3-13-10-7-14-9(6-15-10)12(17)16-4-5-20-8-11(16)21(2,18)19/h6-7,11H,3-5,8H2,1-2H3,(H,13,15). The molecule has 2 rings (SSSR count). The molecule has 116 valence electrons. The van der Waals surface area contributed by atoms with Crippen molar-refractivity contribution in [2.75, 3.05) is 36.2 Å². The van der Waals surface area contributed by atoms with E-state index in [2.05, 4.69) is 15.3 Å². The smallest absolute Gasteiger partial charge is 0.275 e. The molecular weight excluding hydrogens is 312 g/mol. The lowest BCUT2D eigenvalue weighted by Crippen LogP contribution is -2.50. The summed E-state index contributed by atoms with van der Waals surface area (Å²) < 4.78 is 23.6. The highest BCUT2D eigenvalue weighted by Gasteiger charge is 2.35. The molecule has 1 aromatic heterocycles. The zero-order valence-corrected chi connectivity index (χ0v) is 13.6. The quantitative estimate of drug-likeness (QED) is 0.858. The van der Waals surface area contributed by atoms with Crippen LogP contribution in [0.1, 0.15) is 17.4 Å². The molecule has 0 saturated carbocycles.